The molecule has 4 aromatic rings. The number of carbonyl (C=O) groups excluding carboxylic acids is 2. The van der Waals surface area contributed by atoms with E-state index in [4.69, 9.17) is 9.47 Å². The van der Waals surface area contributed by atoms with Crippen LogP contribution in [0, 0.1) is 21.4 Å². The van der Waals surface area contributed by atoms with Crippen molar-refractivity contribution in [3.05, 3.63) is 112 Å². The number of nitro groups is 1. The molecule has 0 heterocycles. The predicted octanol–water partition coefficient (Wildman–Crippen LogP) is 5.52. The highest BCUT2D eigenvalue weighted by atomic mass is 16.6. The van der Waals surface area contributed by atoms with Crippen LogP contribution >= 0.6 is 0 Å². The van der Waals surface area contributed by atoms with Gasteiger partial charge in [-0.15, -0.1) is 0 Å². The highest BCUT2D eigenvalue weighted by molar-refractivity contribution is 6.10. The Kier molecular flexibility index (Phi) is 7.21. The topological polar surface area (TPSA) is 132 Å². The van der Waals surface area contributed by atoms with Crippen LogP contribution in [0.3, 0.4) is 0 Å². The maximum atomic E-state index is 12.7. The van der Waals surface area contributed by atoms with Gasteiger partial charge in [-0.05, 0) is 46.7 Å². The molecule has 0 spiro atoms. The molecule has 1 amide bonds. The number of nitrogens with one attached hydrogen (secondary N) is 1. The SMILES string of the molecule is COc1ccc([N+](=O)[O-])cc1NC(=O)C(C#N)=Cc1ccc(OC(=O)c2cccc3ccccc23)cc1. The summed E-state index contributed by atoms with van der Waals surface area (Å²) in [4.78, 5) is 35.9. The molecule has 37 heavy (non-hydrogen) atoms. The van der Waals surface area contributed by atoms with Gasteiger partial charge in [0.2, 0.25) is 0 Å². The predicted molar refractivity (Wildman–Crippen MR) is 137 cm³/mol. The van der Waals surface area contributed by atoms with Crippen LogP contribution in [0.5, 0.6) is 11.5 Å². The molecule has 0 saturated carbocycles. The van der Waals surface area contributed by atoms with Gasteiger partial charge in [-0.1, -0.05) is 48.5 Å². The maximum Gasteiger partial charge on any atom is 0.344 e. The van der Waals surface area contributed by atoms with Crippen molar-refractivity contribution in [2.24, 2.45) is 0 Å². The summed E-state index contributed by atoms with van der Waals surface area (Å²) in [6, 6.07) is 24.7. The van der Waals surface area contributed by atoms with Gasteiger partial charge in [0.1, 0.15) is 23.1 Å². The van der Waals surface area contributed by atoms with Crippen molar-refractivity contribution in [2.75, 3.05) is 12.4 Å². The number of carbonyl (C=O) groups is 2. The number of ether oxygens (including phenoxy) is 2. The number of anilines is 1. The van der Waals surface area contributed by atoms with Gasteiger partial charge in [-0.3, -0.25) is 14.9 Å². The Hall–Kier alpha value is -5.49. The molecule has 0 aromatic heterocycles. The van der Waals surface area contributed by atoms with Crippen LogP contribution in [-0.4, -0.2) is 23.9 Å². The zero-order valence-electron chi connectivity index (χ0n) is 19.5. The van der Waals surface area contributed by atoms with Gasteiger partial charge in [0.25, 0.3) is 11.6 Å². The van der Waals surface area contributed by atoms with Gasteiger partial charge in [-0.2, -0.15) is 5.26 Å². The Morgan fingerprint density at radius 3 is 2.43 bits per heavy atom. The van der Waals surface area contributed by atoms with Gasteiger partial charge < -0.3 is 14.8 Å². The third-order valence-corrected chi connectivity index (χ3v) is 5.42. The Morgan fingerprint density at radius 2 is 1.73 bits per heavy atom. The molecule has 0 aliphatic rings. The highest BCUT2D eigenvalue weighted by Gasteiger charge is 2.17. The molecule has 1 N–H and O–H groups in total. The Labute approximate surface area is 211 Å². The minimum Gasteiger partial charge on any atom is -0.495 e. The third-order valence-electron chi connectivity index (χ3n) is 5.42. The first-order valence-corrected chi connectivity index (χ1v) is 10.9. The molecule has 9 heteroatoms. The number of methoxy groups -OCH3 is 1. The van der Waals surface area contributed by atoms with E-state index < -0.39 is 16.8 Å². The normalized spacial score (nSPS) is 10.9. The summed E-state index contributed by atoms with van der Waals surface area (Å²) in [5, 5.41) is 24.7. The fraction of sp³-hybridized carbons (Fsp3) is 0.0357. The number of non-ortho nitro benzene ring substituents is 1. The van der Waals surface area contributed by atoms with Gasteiger partial charge in [0, 0.05) is 12.1 Å². The zero-order valence-corrected chi connectivity index (χ0v) is 19.5. The average Bonchev–Trinajstić information content (AvgIpc) is 2.92. The molecule has 4 rings (SSSR count). The number of nitro benzene ring substituents is 1. The van der Waals surface area contributed by atoms with Crippen molar-refractivity contribution in [3.63, 3.8) is 0 Å². The smallest absolute Gasteiger partial charge is 0.344 e. The fourth-order valence-electron chi connectivity index (χ4n) is 3.61. The van der Waals surface area contributed by atoms with Crippen molar-refractivity contribution < 1.29 is 24.0 Å². The molecular formula is C28H19N3O6. The lowest BCUT2D eigenvalue weighted by molar-refractivity contribution is -0.384. The van der Waals surface area contributed by atoms with Crippen molar-refractivity contribution in [3.8, 4) is 17.6 Å². The van der Waals surface area contributed by atoms with Gasteiger partial charge in [0.15, 0.2) is 0 Å². The van der Waals surface area contributed by atoms with Crippen LogP contribution in [-0.2, 0) is 4.79 Å². The van der Waals surface area contributed by atoms with Crippen molar-refractivity contribution in [1.82, 2.24) is 0 Å². The standard InChI is InChI=1S/C28H19N3O6/c1-36-26-14-11-21(31(34)35)16-25(26)30-27(32)20(17-29)15-18-9-12-22(13-10-18)37-28(33)24-8-4-6-19-5-2-3-7-23(19)24/h2-16H,1H3,(H,30,32). The molecule has 0 unspecified atom stereocenters. The van der Waals surface area contributed by atoms with Crippen molar-refractivity contribution in [2.45, 2.75) is 0 Å². The van der Waals surface area contributed by atoms with E-state index in [-0.39, 0.29) is 22.7 Å². The molecule has 0 aliphatic heterocycles. The number of amides is 1. The summed E-state index contributed by atoms with van der Waals surface area (Å²) in [7, 11) is 1.35. The quantitative estimate of drug-likeness (QED) is 0.0895. The number of nitriles is 1. The number of hydrogen-bond acceptors (Lipinski definition) is 7. The Balaban J connectivity index is 1.50. The molecule has 0 atom stereocenters. The summed E-state index contributed by atoms with van der Waals surface area (Å²) in [5.41, 5.74) is 0.504. The average molecular weight is 493 g/mol. The lowest BCUT2D eigenvalue weighted by Gasteiger charge is -2.10. The van der Waals surface area contributed by atoms with Crippen LogP contribution in [0.15, 0.2) is 90.5 Å². The number of fused-ring (bicyclic) bond motifs is 1. The first kappa shape index (κ1) is 24.6. The van der Waals surface area contributed by atoms with Crippen molar-refractivity contribution >= 4 is 40.1 Å². The summed E-state index contributed by atoms with van der Waals surface area (Å²) in [6.07, 6.45) is 1.34. The van der Waals surface area contributed by atoms with Gasteiger partial charge in [0.05, 0.1) is 23.3 Å². The molecule has 182 valence electrons. The molecule has 0 saturated heterocycles. The van der Waals surface area contributed by atoms with Crippen molar-refractivity contribution in [1.29, 1.82) is 5.26 Å². The first-order valence-electron chi connectivity index (χ1n) is 10.9. The van der Waals surface area contributed by atoms with E-state index in [0.717, 1.165) is 16.8 Å². The van der Waals surface area contributed by atoms with Crippen LogP contribution in [0.25, 0.3) is 16.8 Å². The fourth-order valence-corrected chi connectivity index (χ4v) is 3.61. The molecule has 0 fully saturated rings. The monoisotopic (exact) mass is 493 g/mol. The van der Waals surface area contributed by atoms with E-state index in [1.807, 2.05) is 36.4 Å². The minimum absolute atomic E-state index is 0.0542. The lowest BCUT2D eigenvalue weighted by Crippen LogP contribution is -2.14. The van der Waals surface area contributed by atoms with Crippen LogP contribution in [0.4, 0.5) is 11.4 Å². The van der Waals surface area contributed by atoms with E-state index in [9.17, 15) is 25.0 Å². The largest absolute Gasteiger partial charge is 0.495 e. The second-order valence-corrected chi connectivity index (χ2v) is 7.75. The molecule has 0 aliphatic carbocycles. The van der Waals surface area contributed by atoms with E-state index in [2.05, 4.69) is 5.32 Å². The number of nitrogens with zero attached hydrogens (tertiary/aromatic N) is 2. The minimum atomic E-state index is -0.771. The molecular weight excluding hydrogens is 474 g/mol. The van der Waals surface area contributed by atoms with Gasteiger partial charge >= 0.3 is 5.97 Å². The second-order valence-electron chi connectivity index (χ2n) is 7.75. The Morgan fingerprint density at radius 1 is 1.00 bits per heavy atom. The third kappa shape index (κ3) is 5.61. The van der Waals surface area contributed by atoms with Crippen LogP contribution < -0.4 is 14.8 Å². The number of rotatable bonds is 7. The molecule has 4 aromatic carbocycles. The summed E-state index contributed by atoms with van der Waals surface area (Å²) >= 11 is 0. The zero-order chi connectivity index (χ0) is 26.4. The van der Waals surface area contributed by atoms with E-state index >= 15 is 0 Å². The number of esters is 1. The first-order chi connectivity index (χ1) is 17.9. The highest BCUT2D eigenvalue weighted by Crippen LogP contribution is 2.29. The molecule has 0 radical (unpaired) electrons. The maximum absolute atomic E-state index is 12.7. The lowest BCUT2D eigenvalue weighted by atomic mass is 10.0. The summed E-state index contributed by atoms with van der Waals surface area (Å²) in [5.74, 6) is -0.788. The second kappa shape index (κ2) is 10.8. The molecule has 0 bridgehead atoms. The van der Waals surface area contributed by atoms with Gasteiger partial charge in [-0.25, -0.2) is 4.79 Å². The van der Waals surface area contributed by atoms with Crippen LogP contribution in [0.1, 0.15) is 15.9 Å². The van der Waals surface area contributed by atoms with E-state index in [1.54, 1.807) is 36.4 Å². The Bertz CT molecular complexity index is 1580. The van der Waals surface area contributed by atoms with E-state index in [0.29, 0.717) is 16.9 Å². The summed E-state index contributed by atoms with van der Waals surface area (Å²) in [6.45, 7) is 0. The number of benzene rings is 4. The number of hydrogen-bond donors (Lipinski definition) is 1. The van der Waals surface area contributed by atoms with E-state index in [1.165, 1.54) is 25.3 Å². The van der Waals surface area contributed by atoms with Crippen LogP contribution in [0.2, 0.25) is 0 Å². The molecule has 9 nitrogen and oxygen atoms in total. The summed E-state index contributed by atoms with van der Waals surface area (Å²) < 4.78 is 10.6.